The van der Waals surface area contributed by atoms with E-state index in [2.05, 4.69) is 18.3 Å². The number of hydrogen-bond donors (Lipinski definition) is 1. The van der Waals surface area contributed by atoms with Crippen LogP contribution in [0.2, 0.25) is 0 Å². The maximum absolute atomic E-state index is 6.01. The van der Waals surface area contributed by atoms with Crippen molar-refractivity contribution in [2.24, 2.45) is 0 Å². The number of nitrogens with one attached hydrogen (secondary N) is 1. The Morgan fingerprint density at radius 1 is 1.24 bits per heavy atom. The van der Waals surface area contributed by atoms with Crippen molar-refractivity contribution in [1.29, 1.82) is 0 Å². The average molecular weight is 293 g/mol. The quantitative estimate of drug-likeness (QED) is 0.837. The minimum absolute atomic E-state index is 0.308. The van der Waals surface area contributed by atoms with Crippen LogP contribution in [0, 0.1) is 6.92 Å². The van der Waals surface area contributed by atoms with E-state index in [1.54, 1.807) is 7.11 Å². The predicted molar refractivity (Wildman–Crippen MR) is 81.1 cm³/mol. The van der Waals surface area contributed by atoms with Crippen molar-refractivity contribution in [3.8, 4) is 0 Å². The minimum atomic E-state index is 0.308. The summed E-state index contributed by atoms with van der Waals surface area (Å²) in [6.07, 6.45) is 7.77. The molecule has 0 radical (unpaired) electrons. The van der Waals surface area contributed by atoms with Gasteiger partial charge in [-0.05, 0) is 57.1 Å². The second-order valence-corrected chi connectivity index (χ2v) is 6.43. The van der Waals surface area contributed by atoms with Gasteiger partial charge in [-0.25, -0.2) is 0 Å². The van der Waals surface area contributed by atoms with E-state index in [1.165, 1.54) is 24.8 Å². The van der Waals surface area contributed by atoms with E-state index >= 15 is 0 Å². The van der Waals surface area contributed by atoms with Crippen LogP contribution >= 0.6 is 0 Å². The molecule has 2 fully saturated rings. The fourth-order valence-electron chi connectivity index (χ4n) is 3.03. The highest BCUT2D eigenvalue weighted by molar-refractivity contribution is 5.19. The van der Waals surface area contributed by atoms with Crippen LogP contribution in [-0.2, 0) is 22.6 Å². The fourth-order valence-corrected chi connectivity index (χ4v) is 3.03. The van der Waals surface area contributed by atoms with Gasteiger partial charge in [0, 0.05) is 13.2 Å². The number of rotatable bonds is 7. The molecule has 2 saturated carbocycles. The van der Waals surface area contributed by atoms with E-state index in [9.17, 15) is 0 Å². The maximum atomic E-state index is 6.01. The molecule has 4 nitrogen and oxygen atoms in total. The maximum Gasteiger partial charge on any atom is 0.130 e. The zero-order valence-corrected chi connectivity index (χ0v) is 13.2. The molecule has 0 amide bonds. The molecule has 3 rings (SSSR count). The fraction of sp³-hybridized carbons (Fsp3) is 0.765. The molecule has 118 valence electrons. The average Bonchev–Trinajstić information content (AvgIpc) is 3.27. The number of furan rings is 1. The first-order valence-electron chi connectivity index (χ1n) is 8.20. The highest BCUT2D eigenvalue weighted by atomic mass is 16.5. The summed E-state index contributed by atoms with van der Waals surface area (Å²) in [6, 6.07) is 2.82. The summed E-state index contributed by atoms with van der Waals surface area (Å²) in [5.74, 6) is 2.00. The molecule has 2 aliphatic carbocycles. The smallest absolute Gasteiger partial charge is 0.130 e. The van der Waals surface area contributed by atoms with Crippen molar-refractivity contribution in [2.75, 3.05) is 7.11 Å². The Morgan fingerprint density at radius 3 is 2.81 bits per heavy atom. The molecule has 1 N–H and O–H groups in total. The van der Waals surface area contributed by atoms with E-state index in [4.69, 9.17) is 13.9 Å². The first-order valence-corrected chi connectivity index (χ1v) is 8.20. The van der Waals surface area contributed by atoms with E-state index in [0.29, 0.717) is 24.9 Å². The van der Waals surface area contributed by atoms with Gasteiger partial charge in [-0.2, -0.15) is 0 Å². The van der Waals surface area contributed by atoms with Crippen molar-refractivity contribution in [3.05, 3.63) is 23.2 Å². The lowest BCUT2D eigenvalue weighted by Crippen LogP contribution is -2.27. The summed E-state index contributed by atoms with van der Waals surface area (Å²) in [7, 11) is 1.79. The van der Waals surface area contributed by atoms with Gasteiger partial charge in [0.2, 0.25) is 0 Å². The van der Waals surface area contributed by atoms with Crippen LogP contribution in [0.25, 0.3) is 0 Å². The summed E-state index contributed by atoms with van der Waals surface area (Å²) < 4.78 is 17.4. The van der Waals surface area contributed by atoms with Gasteiger partial charge in [0.15, 0.2) is 0 Å². The molecule has 4 heteroatoms. The zero-order valence-electron chi connectivity index (χ0n) is 13.2. The van der Waals surface area contributed by atoms with Gasteiger partial charge in [0.05, 0.1) is 18.8 Å². The lowest BCUT2D eigenvalue weighted by molar-refractivity contribution is -0.0407. The number of ether oxygens (including phenoxy) is 2. The topological polar surface area (TPSA) is 43.6 Å². The van der Waals surface area contributed by atoms with Crippen molar-refractivity contribution in [1.82, 2.24) is 5.32 Å². The normalized spacial score (nSPS) is 26.2. The Bertz CT molecular complexity index is 453. The Hall–Kier alpha value is -0.840. The van der Waals surface area contributed by atoms with Gasteiger partial charge < -0.3 is 19.2 Å². The summed E-state index contributed by atoms with van der Waals surface area (Å²) in [4.78, 5) is 0. The van der Waals surface area contributed by atoms with Gasteiger partial charge in [-0.3, -0.25) is 0 Å². The first kappa shape index (κ1) is 15.1. The van der Waals surface area contributed by atoms with Crippen LogP contribution in [-0.4, -0.2) is 25.4 Å². The molecule has 0 aromatic carbocycles. The molecule has 0 saturated heterocycles. The molecule has 2 unspecified atom stereocenters. The van der Waals surface area contributed by atoms with Crippen molar-refractivity contribution < 1.29 is 13.9 Å². The SMILES string of the molecule is COC1CCCC(OCc2cc(C)c(CNC3CC3)o2)C1. The second-order valence-electron chi connectivity index (χ2n) is 6.43. The molecule has 0 spiro atoms. The lowest BCUT2D eigenvalue weighted by Gasteiger charge is -2.27. The Kier molecular flexibility index (Phi) is 4.99. The molecule has 0 bridgehead atoms. The Morgan fingerprint density at radius 2 is 2.05 bits per heavy atom. The Labute approximate surface area is 127 Å². The van der Waals surface area contributed by atoms with E-state index in [-0.39, 0.29) is 0 Å². The molecular formula is C17H27NO3. The number of methoxy groups -OCH3 is 1. The molecule has 1 heterocycles. The summed E-state index contributed by atoms with van der Waals surface area (Å²) >= 11 is 0. The van der Waals surface area contributed by atoms with Gasteiger partial charge in [0.1, 0.15) is 18.1 Å². The van der Waals surface area contributed by atoms with Crippen LogP contribution in [0.1, 0.15) is 55.6 Å². The van der Waals surface area contributed by atoms with Gasteiger partial charge in [-0.15, -0.1) is 0 Å². The third-order valence-corrected chi connectivity index (χ3v) is 4.57. The van der Waals surface area contributed by atoms with E-state index in [1.807, 2.05) is 0 Å². The van der Waals surface area contributed by atoms with Crippen LogP contribution in [0.5, 0.6) is 0 Å². The largest absolute Gasteiger partial charge is 0.462 e. The van der Waals surface area contributed by atoms with Crippen LogP contribution in [0.4, 0.5) is 0 Å². The molecule has 2 aliphatic rings. The van der Waals surface area contributed by atoms with Gasteiger partial charge in [-0.1, -0.05) is 0 Å². The summed E-state index contributed by atoms with van der Waals surface area (Å²) in [5, 5.41) is 3.49. The number of hydrogen-bond acceptors (Lipinski definition) is 4. The zero-order chi connectivity index (χ0) is 14.7. The van der Waals surface area contributed by atoms with Crippen LogP contribution < -0.4 is 5.32 Å². The highest BCUT2D eigenvalue weighted by Gasteiger charge is 2.23. The van der Waals surface area contributed by atoms with Crippen LogP contribution in [0.3, 0.4) is 0 Å². The van der Waals surface area contributed by atoms with Gasteiger partial charge in [0.25, 0.3) is 0 Å². The van der Waals surface area contributed by atoms with Crippen LogP contribution in [0.15, 0.2) is 10.5 Å². The Balaban J connectivity index is 1.46. The second kappa shape index (κ2) is 6.95. The van der Waals surface area contributed by atoms with E-state index < -0.39 is 0 Å². The third-order valence-electron chi connectivity index (χ3n) is 4.57. The number of aryl methyl sites for hydroxylation is 1. The predicted octanol–water partition coefficient (Wildman–Crippen LogP) is 3.31. The lowest BCUT2D eigenvalue weighted by atomic mass is 9.95. The standard InChI is InChI=1S/C17H27NO3/c1-12-8-16(21-17(12)10-18-13-6-7-13)11-20-15-5-3-4-14(9-15)19-2/h8,13-15,18H,3-7,9-11H2,1-2H3. The minimum Gasteiger partial charge on any atom is -0.462 e. The van der Waals surface area contributed by atoms with Crippen molar-refractivity contribution in [3.63, 3.8) is 0 Å². The first-order chi connectivity index (χ1) is 10.2. The summed E-state index contributed by atoms with van der Waals surface area (Å²) in [6.45, 7) is 3.52. The molecule has 0 aliphatic heterocycles. The monoisotopic (exact) mass is 293 g/mol. The molecular weight excluding hydrogens is 266 g/mol. The molecule has 21 heavy (non-hydrogen) atoms. The third kappa shape index (κ3) is 4.31. The molecule has 1 aromatic rings. The summed E-state index contributed by atoms with van der Waals surface area (Å²) in [5.41, 5.74) is 1.22. The molecule has 1 aromatic heterocycles. The van der Waals surface area contributed by atoms with Crippen molar-refractivity contribution in [2.45, 2.75) is 76.9 Å². The molecule has 2 atom stereocenters. The van der Waals surface area contributed by atoms with E-state index in [0.717, 1.165) is 37.3 Å². The van der Waals surface area contributed by atoms with Gasteiger partial charge >= 0.3 is 0 Å². The van der Waals surface area contributed by atoms with Crippen molar-refractivity contribution >= 4 is 0 Å². The highest BCUT2D eigenvalue weighted by Crippen LogP contribution is 2.25.